The Bertz CT molecular complexity index is 647. The number of nitrogens with one attached hydrogen (secondary N) is 1. The number of rotatable bonds is 4. The Balaban J connectivity index is 2.28. The summed E-state index contributed by atoms with van der Waals surface area (Å²) in [5.74, 6) is -1.44. The third-order valence-corrected chi connectivity index (χ3v) is 4.57. The first kappa shape index (κ1) is 14.7. The molecule has 1 unspecified atom stereocenters. The molecule has 1 amide bonds. The van der Waals surface area contributed by atoms with Gasteiger partial charge < -0.3 is 10.4 Å². The van der Waals surface area contributed by atoms with Crippen LogP contribution in [0.3, 0.4) is 0 Å². The number of thiazole rings is 1. The fourth-order valence-electron chi connectivity index (χ4n) is 1.99. The zero-order valence-electron chi connectivity index (χ0n) is 11.3. The van der Waals surface area contributed by atoms with E-state index in [-0.39, 0.29) is 23.1 Å². The fourth-order valence-corrected chi connectivity index (χ4v) is 3.69. The lowest BCUT2D eigenvalue weighted by molar-refractivity contribution is 0.0690. The second kappa shape index (κ2) is 5.72. The van der Waals surface area contributed by atoms with Gasteiger partial charge in [0.25, 0.3) is 5.91 Å². The number of amides is 1. The monoisotopic (exact) mass is 310 g/mol. The Hall–Kier alpha value is -1.73. The van der Waals surface area contributed by atoms with Crippen molar-refractivity contribution >= 4 is 34.6 Å². The van der Waals surface area contributed by atoms with Crippen LogP contribution in [0.15, 0.2) is 10.9 Å². The highest BCUT2D eigenvalue weighted by atomic mass is 32.1. The van der Waals surface area contributed by atoms with Crippen molar-refractivity contribution in [3.8, 4) is 0 Å². The molecule has 0 bridgehead atoms. The highest BCUT2D eigenvalue weighted by Crippen LogP contribution is 2.28. The molecule has 20 heavy (non-hydrogen) atoms. The van der Waals surface area contributed by atoms with Crippen LogP contribution >= 0.6 is 22.7 Å². The van der Waals surface area contributed by atoms with E-state index in [1.807, 2.05) is 12.3 Å². The molecule has 2 aromatic rings. The van der Waals surface area contributed by atoms with Gasteiger partial charge in [0.1, 0.15) is 0 Å². The quantitative estimate of drug-likeness (QED) is 0.910. The van der Waals surface area contributed by atoms with Crippen molar-refractivity contribution < 1.29 is 14.7 Å². The number of carbonyl (C=O) groups excluding carboxylic acids is 1. The minimum Gasteiger partial charge on any atom is -0.478 e. The summed E-state index contributed by atoms with van der Waals surface area (Å²) < 4.78 is 0. The highest BCUT2D eigenvalue weighted by Gasteiger charge is 2.25. The predicted molar refractivity (Wildman–Crippen MR) is 78.7 cm³/mol. The van der Waals surface area contributed by atoms with Gasteiger partial charge in [-0.05, 0) is 20.8 Å². The van der Waals surface area contributed by atoms with Crippen molar-refractivity contribution in [1.29, 1.82) is 0 Å². The number of aryl methyl sites for hydroxylation is 2. The second-order valence-electron chi connectivity index (χ2n) is 4.38. The van der Waals surface area contributed by atoms with E-state index in [1.54, 1.807) is 19.4 Å². The van der Waals surface area contributed by atoms with Gasteiger partial charge in [0.05, 0.1) is 28.4 Å². The third kappa shape index (κ3) is 2.73. The van der Waals surface area contributed by atoms with E-state index < -0.39 is 5.97 Å². The standard InChI is InChI=1S/C13H14N2O3S2/c1-6(9-4-19-5-14-9)15-12(16)10-7(2)20-8(3)11(10)13(17)18/h4-6H,1-3H3,(H,15,16)(H,17,18). The van der Waals surface area contributed by atoms with Crippen LogP contribution in [0.5, 0.6) is 0 Å². The highest BCUT2D eigenvalue weighted by molar-refractivity contribution is 7.12. The number of aromatic nitrogens is 1. The molecule has 1 atom stereocenters. The fraction of sp³-hybridized carbons (Fsp3) is 0.308. The minimum atomic E-state index is -1.07. The van der Waals surface area contributed by atoms with E-state index in [1.165, 1.54) is 22.7 Å². The summed E-state index contributed by atoms with van der Waals surface area (Å²) in [4.78, 5) is 29.1. The first-order valence-corrected chi connectivity index (χ1v) is 7.70. The van der Waals surface area contributed by atoms with Crippen molar-refractivity contribution in [1.82, 2.24) is 10.3 Å². The van der Waals surface area contributed by atoms with Gasteiger partial charge in [-0.25, -0.2) is 9.78 Å². The Morgan fingerprint density at radius 1 is 1.30 bits per heavy atom. The molecule has 0 saturated carbocycles. The number of nitrogens with zero attached hydrogens (tertiary/aromatic N) is 1. The van der Waals surface area contributed by atoms with Crippen LogP contribution in [-0.4, -0.2) is 22.0 Å². The number of hydrogen-bond acceptors (Lipinski definition) is 5. The van der Waals surface area contributed by atoms with Gasteiger partial charge in [-0.2, -0.15) is 0 Å². The van der Waals surface area contributed by atoms with E-state index in [9.17, 15) is 14.7 Å². The molecule has 0 saturated heterocycles. The van der Waals surface area contributed by atoms with Crippen molar-refractivity contribution in [3.05, 3.63) is 37.5 Å². The van der Waals surface area contributed by atoms with Gasteiger partial charge in [0.15, 0.2) is 0 Å². The molecule has 0 aliphatic carbocycles. The maximum atomic E-state index is 12.3. The van der Waals surface area contributed by atoms with E-state index >= 15 is 0 Å². The number of thiophene rings is 1. The predicted octanol–water partition coefficient (Wildman–Crippen LogP) is 3.01. The van der Waals surface area contributed by atoms with Crippen LogP contribution in [0.1, 0.15) is 49.1 Å². The van der Waals surface area contributed by atoms with Gasteiger partial charge in [0, 0.05) is 15.1 Å². The summed E-state index contributed by atoms with van der Waals surface area (Å²) >= 11 is 2.77. The molecule has 2 heterocycles. The summed E-state index contributed by atoms with van der Waals surface area (Å²) in [6.07, 6.45) is 0. The van der Waals surface area contributed by atoms with Crippen LogP contribution in [-0.2, 0) is 0 Å². The summed E-state index contributed by atoms with van der Waals surface area (Å²) in [6, 6.07) is -0.255. The normalized spacial score (nSPS) is 12.2. The number of carboxylic acid groups (broad SMARTS) is 1. The molecule has 0 spiro atoms. The summed E-state index contributed by atoms with van der Waals surface area (Å²) in [6.45, 7) is 5.29. The summed E-state index contributed by atoms with van der Waals surface area (Å²) in [5.41, 5.74) is 2.81. The molecular weight excluding hydrogens is 296 g/mol. The lowest BCUT2D eigenvalue weighted by Gasteiger charge is -2.12. The van der Waals surface area contributed by atoms with Crippen molar-refractivity contribution in [2.45, 2.75) is 26.8 Å². The largest absolute Gasteiger partial charge is 0.478 e. The second-order valence-corrected chi connectivity index (χ2v) is 6.53. The van der Waals surface area contributed by atoms with Crippen LogP contribution in [0, 0.1) is 13.8 Å². The summed E-state index contributed by atoms with van der Waals surface area (Å²) in [7, 11) is 0. The average Bonchev–Trinajstić information content (AvgIpc) is 2.96. The lowest BCUT2D eigenvalue weighted by atomic mass is 10.1. The number of aromatic carboxylic acids is 1. The molecule has 0 aliphatic rings. The van der Waals surface area contributed by atoms with Gasteiger partial charge in [-0.3, -0.25) is 4.79 Å². The Morgan fingerprint density at radius 3 is 2.50 bits per heavy atom. The zero-order chi connectivity index (χ0) is 14.9. The Morgan fingerprint density at radius 2 is 1.95 bits per heavy atom. The number of carbonyl (C=O) groups is 2. The van der Waals surface area contributed by atoms with Gasteiger partial charge in [0.2, 0.25) is 0 Å². The molecule has 0 aromatic carbocycles. The van der Waals surface area contributed by atoms with Crippen molar-refractivity contribution in [2.75, 3.05) is 0 Å². The van der Waals surface area contributed by atoms with E-state index in [4.69, 9.17) is 0 Å². The van der Waals surface area contributed by atoms with Crippen molar-refractivity contribution in [3.63, 3.8) is 0 Å². The van der Waals surface area contributed by atoms with E-state index in [0.29, 0.717) is 9.75 Å². The number of carboxylic acids is 1. The molecule has 5 nitrogen and oxygen atoms in total. The van der Waals surface area contributed by atoms with Crippen LogP contribution in [0.25, 0.3) is 0 Å². The molecule has 0 radical (unpaired) electrons. The average molecular weight is 310 g/mol. The Kier molecular flexibility index (Phi) is 4.20. The zero-order valence-corrected chi connectivity index (χ0v) is 12.9. The molecule has 2 aromatic heterocycles. The maximum Gasteiger partial charge on any atom is 0.337 e. The van der Waals surface area contributed by atoms with Crippen LogP contribution < -0.4 is 5.32 Å². The molecule has 7 heteroatoms. The molecule has 2 N–H and O–H groups in total. The van der Waals surface area contributed by atoms with E-state index in [0.717, 1.165) is 5.69 Å². The third-order valence-electron chi connectivity index (χ3n) is 2.94. The molecule has 2 rings (SSSR count). The van der Waals surface area contributed by atoms with E-state index in [2.05, 4.69) is 10.3 Å². The SMILES string of the molecule is Cc1sc(C)c(C(=O)NC(C)c2cscn2)c1C(=O)O. The van der Waals surface area contributed by atoms with Gasteiger partial charge in [-0.1, -0.05) is 0 Å². The van der Waals surface area contributed by atoms with Crippen molar-refractivity contribution in [2.24, 2.45) is 0 Å². The molecular formula is C13H14N2O3S2. The number of hydrogen-bond donors (Lipinski definition) is 2. The smallest absolute Gasteiger partial charge is 0.337 e. The minimum absolute atomic E-state index is 0.0930. The topological polar surface area (TPSA) is 79.3 Å². The van der Waals surface area contributed by atoms with Gasteiger partial charge in [-0.15, -0.1) is 22.7 Å². The molecule has 0 aliphatic heterocycles. The lowest BCUT2D eigenvalue weighted by Crippen LogP contribution is -2.28. The van der Waals surface area contributed by atoms with Gasteiger partial charge >= 0.3 is 5.97 Å². The van der Waals surface area contributed by atoms with Crippen LogP contribution in [0.4, 0.5) is 0 Å². The molecule has 0 fully saturated rings. The summed E-state index contributed by atoms with van der Waals surface area (Å²) in [5, 5.41) is 13.9. The first-order valence-electron chi connectivity index (χ1n) is 5.94. The Labute approximate surface area is 124 Å². The maximum absolute atomic E-state index is 12.3. The van der Waals surface area contributed by atoms with Crippen LogP contribution in [0.2, 0.25) is 0 Å². The first-order chi connectivity index (χ1) is 9.41. The molecule has 106 valence electrons.